The summed E-state index contributed by atoms with van der Waals surface area (Å²) in [6.45, 7) is 4.11. The minimum absolute atomic E-state index is 0.120. The lowest BCUT2D eigenvalue weighted by Crippen LogP contribution is -2.50. The third-order valence-electron chi connectivity index (χ3n) is 7.07. The number of benzene rings is 2. The molecule has 1 fully saturated rings. The molecule has 2 aromatic carbocycles. The summed E-state index contributed by atoms with van der Waals surface area (Å²) in [5.41, 5.74) is 2.42. The van der Waals surface area contributed by atoms with E-state index in [1.807, 2.05) is 49.4 Å². The maximum atomic E-state index is 13.5. The van der Waals surface area contributed by atoms with Crippen LogP contribution in [0.15, 0.2) is 48.5 Å². The number of hydrogen-bond acceptors (Lipinski definition) is 5. The molecule has 2 aromatic rings. The maximum Gasteiger partial charge on any atom is 0.242 e. The molecule has 208 valence electrons. The van der Waals surface area contributed by atoms with Gasteiger partial charge in [0.05, 0.1) is 19.1 Å². The molecule has 0 aliphatic heterocycles. The summed E-state index contributed by atoms with van der Waals surface area (Å²) in [4.78, 5) is 28.2. The quantitative estimate of drug-likeness (QED) is 0.428. The van der Waals surface area contributed by atoms with Crippen molar-refractivity contribution in [1.29, 1.82) is 0 Å². The van der Waals surface area contributed by atoms with Crippen LogP contribution in [-0.2, 0) is 26.2 Å². The number of carbonyl (C=O) groups is 2. The highest BCUT2D eigenvalue weighted by molar-refractivity contribution is 7.92. The van der Waals surface area contributed by atoms with Crippen molar-refractivity contribution in [2.75, 3.05) is 24.2 Å². The average Bonchev–Trinajstić information content (AvgIpc) is 2.89. The van der Waals surface area contributed by atoms with Gasteiger partial charge in [-0.05, 0) is 68.5 Å². The van der Waals surface area contributed by atoms with Gasteiger partial charge in [0, 0.05) is 25.6 Å². The Kier molecular flexibility index (Phi) is 10.6. The van der Waals surface area contributed by atoms with Gasteiger partial charge in [0.1, 0.15) is 11.8 Å². The first-order chi connectivity index (χ1) is 18.1. The minimum Gasteiger partial charge on any atom is -0.497 e. The topological polar surface area (TPSA) is 96.0 Å². The van der Waals surface area contributed by atoms with E-state index in [0.717, 1.165) is 36.8 Å². The second kappa shape index (κ2) is 13.6. The molecule has 1 aliphatic carbocycles. The molecule has 1 N–H and O–H groups in total. The fourth-order valence-corrected chi connectivity index (χ4v) is 5.82. The maximum absolute atomic E-state index is 13.5. The molecule has 0 bridgehead atoms. The van der Waals surface area contributed by atoms with E-state index in [1.54, 1.807) is 25.0 Å². The molecule has 3 rings (SSSR count). The number of ether oxygens (including phenoxy) is 1. The van der Waals surface area contributed by atoms with E-state index in [2.05, 4.69) is 5.32 Å². The molecule has 9 heteroatoms. The van der Waals surface area contributed by atoms with Gasteiger partial charge in [-0.15, -0.1) is 0 Å². The summed E-state index contributed by atoms with van der Waals surface area (Å²) in [6, 6.07) is 14.2. The molecule has 2 amide bonds. The second-order valence-corrected chi connectivity index (χ2v) is 12.1. The highest BCUT2D eigenvalue weighted by Gasteiger charge is 2.28. The number of hydrogen-bond donors (Lipinski definition) is 1. The van der Waals surface area contributed by atoms with E-state index in [1.165, 1.54) is 17.0 Å². The predicted molar refractivity (Wildman–Crippen MR) is 151 cm³/mol. The number of nitrogens with one attached hydrogen (secondary N) is 1. The Balaban J connectivity index is 1.72. The van der Waals surface area contributed by atoms with Gasteiger partial charge in [0.25, 0.3) is 0 Å². The predicted octanol–water partition coefficient (Wildman–Crippen LogP) is 4.42. The van der Waals surface area contributed by atoms with Crippen LogP contribution < -0.4 is 14.4 Å². The fraction of sp³-hybridized carbons (Fsp3) is 0.517. The van der Waals surface area contributed by atoms with Crippen molar-refractivity contribution < 1.29 is 22.7 Å². The van der Waals surface area contributed by atoms with Crippen LogP contribution in [0.4, 0.5) is 5.69 Å². The van der Waals surface area contributed by atoms with Crippen LogP contribution in [0.1, 0.15) is 63.0 Å². The van der Waals surface area contributed by atoms with Gasteiger partial charge >= 0.3 is 0 Å². The summed E-state index contributed by atoms with van der Waals surface area (Å²) in [5.74, 6) is 0.368. The Morgan fingerprint density at radius 2 is 1.76 bits per heavy atom. The van der Waals surface area contributed by atoms with E-state index in [9.17, 15) is 18.0 Å². The second-order valence-electron chi connectivity index (χ2n) is 10.2. The molecule has 38 heavy (non-hydrogen) atoms. The molecule has 0 radical (unpaired) electrons. The van der Waals surface area contributed by atoms with Crippen molar-refractivity contribution in [3.05, 3.63) is 59.7 Å². The molecular formula is C29H41N3O5S. The van der Waals surface area contributed by atoms with Crippen LogP contribution in [-0.4, -0.2) is 57.1 Å². The zero-order valence-corrected chi connectivity index (χ0v) is 23.8. The zero-order chi connectivity index (χ0) is 27.7. The SMILES string of the molecule is COc1ccc(CN(C(=O)CCCN(c2cccc(C)c2)S(C)(=O)=O)[C@H](C)C(=O)NC2CCCCC2)cc1. The normalized spacial score (nSPS) is 14.9. The van der Waals surface area contributed by atoms with E-state index in [-0.39, 0.29) is 37.4 Å². The molecule has 0 saturated heterocycles. The summed E-state index contributed by atoms with van der Waals surface area (Å²) < 4.78 is 31.6. The molecule has 1 saturated carbocycles. The molecule has 0 heterocycles. The average molecular weight is 544 g/mol. The largest absolute Gasteiger partial charge is 0.497 e. The fourth-order valence-electron chi connectivity index (χ4n) is 4.87. The number of methoxy groups -OCH3 is 1. The zero-order valence-electron chi connectivity index (χ0n) is 23.0. The van der Waals surface area contributed by atoms with Gasteiger partial charge in [0.2, 0.25) is 21.8 Å². The van der Waals surface area contributed by atoms with Crippen molar-refractivity contribution in [3.63, 3.8) is 0 Å². The molecule has 1 atom stereocenters. The van der Waals surface area contributed by atoms with Crippen molar-refractivity contribution in [3.8, 4) is 5.75 Å². The molecular weight excluding hydrogens is 502 g/mol. The third kappa shape index (κ3) is 8.48. The van der Waals surface area contributed by atoms with E-state index in [4.69, 9.17) is 4.74 Å². The lowest BCUT2D eigenvalue weighted by atomic mass is 9.95. The molecule has 0 unspecified atom stereocenters. The Morgan fingerprint density at radius 1 is 1.08 bits per heavy atom. The van der Waals surface area contributed by atoms with Crippen molar-refractivity contribution >= 4 is 27.5 Å². The highest BCUT2D eigenvalue weighted by atomic mass is 32.2. The van der Waals surface area contributed by atoms with Crippen LogP contribution in [0.25, 0.3) is 0 Å². The standard InChI is InChI=1S/C29H41N3O5S/c1-22-10-8-13-26(20-22)32(38(4,35)36)19-9-14-28(33)31(21-24-15-17-27(37-3)18-16-24)23(2)29(34)30-25-11-6-5-7-12-25/h8,10,13,15-18,20,23,25H,5-7,9,11-12,14,19,21H2,1-4H3,(H,30,34)/t23-/m1/s1. The van der Waals surface area contributed by atoms with Crippen molar-refractivity contribution in [1.82, 2.24) is 10.2 Å². The molecule has 8 nitrogen and oxygen atoms in total. The van der Waals surface area contributed by atoms with Crippen LogP contribution in [0, 0.1) is 6.92 Å². The number of anilines is 1. The molecule has 0 spiro atoms. The molecule has 0 aromatic heterocycles. The van der Waals surface area contributed by atoms with Crippen LogP contribution in [0.2, 0.25) is 0 Å². The van der Waals surface area contributed by atoms with Gasteiger partial charge in [-0.1, -0.05) is 43.5 Å². The van der Waals surface area contributed by atoms with Crippen molar-refractivity contribution in [2.24, 2.45) is 0 Å². The lowest BCUT2D eigenvalue weighted by molar-refractivity contribution is -0.141. The summed E-state index contributed by atoms with van der Waals surface area (Å²) in [6.07, 6.45) is 6.94. The van der Waals surface area contributed by atoms with Gasteiger partial charge in [-0.2, -0.15) is 0 Å². The van der Waals surface area contributed by atoms with Gasteiger partial charge in [0.15, 0.2) is 0 Å². The number of sulfonamides is 1. The summed E-state index contributed by atoms with van der Waals surface area (Å²) in [5, 5.41) is 3.14. The summed E-state index contributed by atoms with van der Waals surface area (Å²) in [7, 11) is -1.93. The number of amides is 2. The van der Waals surface area contributed by atoms with Crippen LogP contribution in [0.3, 0.4) is 0 Å². The smallest absolute Gasteiger partial charge is 0.242 e. The number of rotatable bonds is 12. The highest BCUT2D eigenvalue weighted by Crippen LogP contribution is 2.22. The lowest BCUT2D eigenvalue weighted by Gasteiger charge is -2.31. The summed E-state index contributed by atoms with van der Waals surface area (Å²) >= 11 is 0. The first-order valence-corrected chi connectivity index (χ1v) is 15.2. The van der Waals surface area contributed by atoms with Gasteiger partial charge in [-0.25, -0.2) is 8.42 Å². The minimum atomic E-state index is -3.52. The monoisotopic (exact) mass is 543 g/mol. The first-order valence-electron chi connectivity index (χ1n) is 13.4. The Labute approximate surface area is 227 Å². The van der Waals surface area contributed by atoms with E-state index in [0.29, 0.717) is 17.9 Å². The van der Waals surface area contributed by atoms with E-state index >= 15 is 0 Å². The van der Waals surface area contributed by atoms with Crippen LogP contribution >= 0.6 is 0 Å². The number of carbonyl (C=O) groups excluding carboxylic acids is 2. The Hall–Kier alpha value is -3.07. The van der Waals surface area contributed by atoms with E-state index < -0.39 is 16.1 Å². The Morgan fingerprint density at radius 3 is 2.37 bits per heavy atom. The number of nitrogens with zero attached hydrogens (tertiary/aromatic N) is 2. The van der Waals surface area contributed by atoms with Gasteiger partial charge in [-0.3, -0.25) is 13.9 Å². The van der Waals surface area contributed by atoms with Crippen LogP contribution in [0.5, 0.6) is 5.75 Å². The Bertz CT molecular complexity index is 1180. The number of aryl methyl sites for hydroxylation is 1. The van der Waals surface area contributed by atoms with Crippen molar-refractivity contribution in [2.45, 2.75) is 77.4 Å². The third-order valence-corrected chi connectivity index (χ3v) is 8.27. The molecule has 1 aliphatic rings. The van der Waals surface area contributed by atoms with Gasteiger partial charge < -0.3 is 15.0 Å². The first kappa shape index (κ1) is 29.5.